The number of hydrogen-bond acceptors (Lipinski definition) is 4. The van der Waals surface area contributed by atoms with E-state index in [2.05, 4.69) is 10.2 Å². The predicted molar refractivity (Wildman–Crippen MR) is 79.5 cm³/mol. The summed E-state index contributed by atoms with van der Waals surface area (Å²) in [6, 6.07) is 5.47. The molecule has 1 aliphatic heterocycles. The fourth-order valence-electron chi connectivity index (χ4n) is 2.37. The second-order valence-electron chi connectivity index (χ2n) is 4.37. The molecule has 2 rings (SSSR count). The number of piperazine rings is 1. The fourth-order valence-corrected chi connectivity index (χ4v) is 2.55. The van der Waals surface area contributed by atoms with Crippen molar-refractivity contribution >= 4 is 24.0 Å². The Bertz CT molecular complexity index is 398. The standard InChI is InChI=1S/C13H19ClN2O2.ClH/c1-18-13-3-2-10(14)8-11(13)12(9-17)16-6-4-15-5-7-16;/h2-3,8,12,15,17H,4-7,9H2,1H3;1H/t12-;/m0./s1. The lowest BCUT2D eigenvalue weighted by Gasteiger charge is -2.34. The van der Waals surface area contributed by atoms with Gasteiger partial charge in [-0.2, -0.15) is 0 Å². The number of nitrogens with zero attached hydrogens (tertiary/aromatic N) is 1. The molecule has 0 aliphatic carbocycles. The van der Waals surface area contributed by atoms with Crippen molar-refractivity contribution in [3.05, 3.63) is 28.8 Å². The van der Waals surface area contributed by atoms with Gasteiger partial charge in [0.1, 0.15) is 5.75 Å². The first kappa shape index (κ1) is 16.5. The summed E-state index contributed by atoms with van der Waals surface area (Å²) in [5.74, 6) is 0.775. The lowest BCUT2D eigenvalue weighted by atomic mass is 10.0. The van der Waals surface area contributed by atoms with Crippen molar-refractivity contribution in [1.29, 1.82) is 0 Å². The first-order valence-corrected chi connectivity index (χ1v) is 6.53. The van der Waals surface area contributed by atoms with Gasteiger partial charge in [-0.05, 0) is 18.2 Å². The molecular weight excluding hydrogens is 287 g/mol. The van der Waals surface area contributed by atoms with Crippen LogP contribution in [0.4, 0.5) is 0 Å². The van der Waals surface area contributed by atoms with E-state index in [0.717, 1.165) is 37.5 Å². The van der Waals surface area contributed by atoms with Gasteiger partial charge in [0, 0.05) is 36.8 Å². The molecule has 1 aromatic rings. The van der Waals surface area contributed by atoms with Gasteiger partial charge in [0.25, 0.3) is 0 Å². The van der Waals surface area contributed by atoms with E-state index in [1.54, 1.807) is 13.2 Å². The number of hydrogen-bond donors (Lipinski definition) is 2. The lowest BCUT2D eigenvalue weighted by molar-refractivity contribution is 0.109. The Morgan fingerprint density at radius 3 is 2.68 bits per heavy atom. The minimum absolute atomic E-state index is 0. The van der Waals surface area contributed by atoms with Gasteiger partial charge in [-0.25, -0.2) is 0 Å². The molecule has 1 atom stereocenters. The van der Waals surface area contributed by atoms with E-state index in [-0.39, 0.29) is 25.1 Å². The van der Waals surface area contributed by atoms with E-state index in [9.17, 15) is 5.11 Å². The summed E-state index contributed by atoms with van der Waals surface area (Å²) in [7, 11) is 1.64. The van der Waals surface area contributed by atoms with E-state index in [1.807, 2.05) is 12.1 Å². The number of benzene rings is 1. The van der Waals surface area contributed by atoms with Crippen LogP contribution in [0.2, 0.25) is 5.02 Å². The maximum atomic E-state index is 9.68. The molecule has 1 aliphatic rings. The normalized spacial score (nSPS) is 17.6. The summed E-state index contributed by atoms with van der Waals surface area (Å²) in [6.07, 6.45) is 0. The quantitative estimate of drug-likeness (QED) is 0.889. The van der Waals surface area contributed by atoms with Crippen LogP contribution in [0.5, 0.6) is 5.75 Å². The highest BCUT2D eigenvalue weighted by Crippen LogP contribution is 2.31. The third-order valence-electron chi connectivity index (χ3n) is 3.32. The molecule has 2 N–H and O–H groups in total. The minimum atomic E-state index is -0.0549. The summed E-state index contributed by atoms with van der Waals surface area (Å²) in [6.45, 7) is 3.79. The van der Waals surface area contributed by atoms with Crippen LogP contribution in [0.1, 0.15) is 11.6 Å². The molecule has 108 valence electrons. The number of rotatable bonds is 4. The van der Waals surface area contributed by atoms with Crippen LogP contribution in [0.25, 0.3) is 0 Å². The molecule has 1 aromatic carbocycles. The Morgan fingerprint density at radius 1 is 1.42 bits per heavy atom. The van der Waals surface area contributed by atoms with Crippen molar-refractivity contribution in [2.24, 2.45) is 0 Å². The summed E-state index contributed by atoms with van der Waals surface area (Å²) in [4.78, 5) is 2.25. The van der Waals surface area contributed by atoms with Crippen LogP contribution in [0.15, 0.2) is 18.2 Å². The second kappa shape index (κ2) is 7.92. The summed E-state index contributed by atoms with van der Waals surface area (Å²) in [5, 5.41) is 13.7. The zero-order valence-corrected chi connectivity index (χ0v) is 12.5. The van der Waals surface area contributed by atoms with Gasteiger partial charge in [0.2, 0.25) is 0 Å². The minimum Gasteiger partial charge on any atom is -0.496 e. The van der Waals surface area contributed by atoms with Crippen LogP contribution < -0.4 is 10.1 Å². The predicted octanol–water partition coefficient (Wildman–Crippen LogP) is 1.71. The maximum Gasteiger partial charge on any atom is 0.123 e. The molecule has 0 bridgehead atoms. The van der Waals surface area contributed by atoms with Gasteiger partial charge >= 0.3 is 0 Å². The highest BCUT2D eigenvalue weighted by molar-refractivity contribution is 6.30. The molecule has 0 spiro atoms. The van der Waals surface area contributed by atoms with E-state index in [4.69, 9.17) is 16.3 Å². The average Bonchev–Trinajstić information content (AvgIpc) is 2.41. The SMILES string of the molecule is COc1ccc(Cl)cc1[C@H](CO)N1CCNCC1.Cl. The van der Waals surface area contributed by atoms with Crippen LogP contribution in [0, 0.1) is 0 Å². The van der Waals surface area contributed by atoms with Gasteiger partial charge in [0.15, 0.2) is 0 Å². The summed E-state index contributed by atoms with van der Waals surface area (Å²) in [5.41, 5.74) is 0.953. The van der Waals surface area contributed by atoms with Crippen LogP contribution in [-0.4, -0.2) is 49.9 Å². The zero-order valence-electron chi connectivity index (χ0n) is 10.9. The molecule has 0 aromatic heterocycles. The largest absolute Gasteiger partial charge is 0.496 e. The Kier molecular flexibility index (Phi) is 6.89. The zero-order chi connectivity index (χ0) is 13.0. The molecule has 1 heterocycles. The first-order valence-electron chi connectivity index (χ1n) is 6.15. The number of aliphatic hydroxyl groups is 1. The van der Waals surface area contributed by atoms with E-state index in [0.29, 0.717) is 5.02 Å². The van der Waals surface area contributed by atoms with Crippen molar-refractivity contribution in [2.75, 3.05) is 39.9 Å². The molecule has 0 amide bonds. The number of nitrogens with one attached hydrogen (secondary N) is 1. The van der Waals surface area contributed by atoms with Crippen molar-refractivity contribution in [3.63, 3.8) is 0 Å². The summed E-state index contributed by atoms with van der Waals surface area (Å²) < 4.78 is 5.36. The molecule has 1 fully saturated rings. The molecule has 1 saturated heterocycles. The third kappa shape index (κ3) is 3.97. The highest BCUT2D eigenvalue weighted by Gasteiger charge is 2.24. The summed E-state index contributed by atoms with van der Waals surface area (Å²) >= 11 is 6.05. The maximum absolute atomic E-state index is 9.68. The van der Waals surface area contributed by atoms with Gasteiger partial charge in [-0.3, -0.25) is 4.90 Å². The first-order chi connectivity index (χ1) is 8.76. The van der Waals surface area contributed by atoms with Gasteiger partial charge in [-0.1, -0.05) is 11.6 Å². The molecular formula is C13H20Cl2N2O2. The van der Waals surface area contributed by atoms with E-state index >= 15 is 0 Å². The Balaban J connectivity index is 0.00000180. The number of aliphatic hydroxyl groups excluding tert-OH is 1. The van der Waals surface area contributed by atoms with Crippen LogP contribution in [-0.2, 0) is 0 Å². The lowest BCUT2D eigenvalue weighted by Crippen LogP contribution is -2.46. The molecule has 6 heteroatoms. The van der Waals surface area contributed by atoms with Crippen LogP contribution in [0.3, 0.4) is 0 Å². The Morgan fingerprint density at radius 2 is 2.11 bits per heavy atom. The smallest absolute Gasteiger partial charge is 0.123 e. The van der Waals surface area contributed by atoms with Crippen LogP contribution >= 0.6 is 24.0 Å². The van der Waals surface area contributed by atoms with E-state index < -0.39 is 0 Å². The molecule has 19 heavy (non-hydrogen) atoms. The van der Waals surface area contributed by atoms with Crippen molar-refractivity contribution in [1.82, 2.24) is 10.2 Å². The monoisotopic (exact) mass is 306 g/mol. The topological polar surface area (TPSA) is 44.7 Å². The van der Waals surface area contributed by atoms with Gasteiger partial charge < -0.3 is 15.2 Å². The number of halogens is 2. The molecule has 0 unspecified atom stereocenters. The van der Waals surface area contributed by atoms with Crippen molar-refractivity contribution in [2.45, 2.75) is 6.04 Å². The van der Waals surface area contributed by atoms with Crippen molar-refractivity contribution in [3.8, 4) is 5.75 Å². The number of methoxy groups -OCH3 is 1. The van der Waals surface area contributed by atoms with E-state index in [1.165, 1.54) is 0 Å². The Labute approximate surface area is 125 Å². The van der Waals surface area contributed by atoms with Gasteiger partial charge in [-0.15, -0.1) is 12.4 Å². The molecule has 0 saturated carbocycles. The second-order valence-corrected chi connectivity index (χ2v) is 4.81. The number of ether oxygens (including phenoxy) is 1. The average molecular weight is 307 g/mol. The fraction of sp³-hybridized carbons (Fsp3) is 0.538. The van der Waals surface area contributed by atoms with Gasteiger partial charge in [0.05, 0.1) is 19.8 Å². The van der Waals surface area contributed by atoms with Crippen molar-refractivity contribution < 1.29 is 9.84 Å². The Hall–Kier alpha value is -0.520. The molecule has 4 nitrogen and oxygen atoms in total. The third-order valence-corrected chi connectivity index (χ3v) is 3.55. The highest BCUT2D eigenvalue weighted by atomic mass is 35.5. The molecule has 0 radical (unpaired) electrons.